The van der Waals surface area contributed by atoms with Gasteiger partial charge in [0.1, 0.15) is 0 Å². The van der Waals surface area contributed by atoms with E-state index in [1.807, 2.05) is 12.1 Å². The molecule has 2 N–H and O–H groups in total. The summed E-state index contributed by atoms with van der Waals surface area (Å²) in [6, 6.07) is 3.77. The Kier molecular flexibility index (Phi) is 17.2. The molecule has 1 saturated carbocycles. The second kappa shape index (κ2) is 16.3. The summed E-state index contributed by atoms with van der Waals surface area (Å²) in [6.07, 6.45) is 14.5. The van der Waals surface area contributed by atoms with Crippen LogP contribution in [0.2, 0.25) is 0 Å². The number of allylic oxidation sites excluding steroid dienone is 2. The van der Waals surface area contributed by atoms with E-state index >= 15 is 0 Å². The van der Waals surface area contributed by atoms with Crippen molar-refractivity contribution in [3.05, 3.63) is 67.7 Å². The SMILES string of the molecule is [CH-]=C[C-]=N[C-]=C(C=[N-])c1cccnc1CCC1CC1.[CH2-]C[C@@H]([CH2-])N.[Li+].[Li+]. The average Bonchev–Trinajstić information content (AvgIpc) is 3.42. The normalized spacial score (nSPS) is 14.3. The van der Waals surface area contributed by atoms with Gasteiger partial charge in [-0.15, -0.1) is 6.07 Å². The minimum Gasteiger partial charge on any atom is -0.911 e. The first-order chi connectivity index (χ1) is 11.6. The molecule has 26 heavy (non-hydrogen) atoms. The van der Waals surface area contributed by atoms with Crippen molar-refractivity contribution in [3.8, 4) is 0 Å². The molecule has 2 rings (SSSR count). The van der Waals surface area contributed by atoms with Crippen LogP contribution in [-0.2, 0) is 6.42 Å². The molecule has 1 atom stereocenters. The van der Waals surface area contributed by atoms with Gasteiger partial charge in [-0.05, 0) is 24.5 Å². The Labute approximate surface area is 182 Å². The molecule has 1 aromatic heterocycles. The molecule has 1 aromatic rings. The van der Waals surface area contributed by atoms with Gasteiger partial charge < -0.3 is 48.9 Å². The fraction of sp³-hybridized carbons (Fsp3) is 0.350. The molecule has 4 nitrogen and oxygen atoms in total. The van der Waals surface area contributed by atoms with E-state index in [1.165, 1.54) is 18.9 Å². The third-order valence-electron chi connectivity index (χ3n) is 3.48. The molecule has 0 bridgehead atoms. The van der Waals surface area contributed by atoms with E-state index in [9.17, 15) is 5.41 Å². The van der Waals surface area contributed by atoms with Gasteiger partial charge in [-0.1, -0.05) is 18.9 Å². The van der Waals surface area contributed by atoms with E-state index in [4.69, 9.17) is 12.3 Å². The van der Waals surface area contributed by atoms with Crippen LogP contribution in [0.25, 0.3) is 11.0 Å². The third-order valence-corrected chi connectivity index (χ3v) is 3.48. The molecule has 0 aromatic carbocycles. The first-order valence-electron chi connectivity index (χ1n) is 8.03. The zero-order valence-corrected chi connectivity index (χ0v) is 16.0. The number of nitrogens with two attached hydrogens (primary N) is 1. The maximum atomic E-state index is 9.31. The van der Waals surface area contributed by atoms with Gasteiger partial charge in [0.25, 0.3) is 0 Å². The number of hydrogen-bond donors (Lipinski definition) is 1. The van der Waals surface area contributed by atoms with Crippen molar-refractivity contribution in [3.63, 3.8) is 0 Å². The van der Waals surface area contributed by atoms with Crippen molar-refractivity contribution in [2.45, 2.75) is 38.1 Å². The number of hydrogen-bond acceptors (Lipinski definition) is 3. The third kappa shape index (κ3) is 11.7. The van der Waals surface area contributed by atoms with Gasteiger partial charge in [-0.3, -0.25) is 10.6 Å². The van der Waals surface area contributed by atoms with E-state index in [2.05, 4.69) is 36.2 Å². The summed E-state index contributed by atoms with van der Waals surface area (Å²) in [6.45, 7) is 12.1. The number of pyridine rings is 1. The van der Waals surface area contributed by atoms with Gasteiger partial charge in [0, 0.05) is 6.20 Å². The topological polar surface area (TPSA) is 73.6 Å². The number of rotatable bonds is 8. The zero-order chi connectivity index (χ0) is 17.8. The van der Waals surface area contributed by atoms with E-state index in [0.717, 1.165) is 42.7 Å². The van der Waals surface area contributed by atoms with Crippen LogP contribution in [0.15, 0.2) is 29.4 Å². The van der Waals surface area contributed by atoms with Crippen LogP contribution in [0.1, 0.15) is 36.9 Å². The molecular weight excluding hydrogens is 310 g/mol. The van der Waals surface area contributed by atoms with Crippen LogP contribution in [0.3, 0.4) is 0 Å². The Morgan fingerprint density at radius 2 is 2.15 bits per heavy atom. The minimum atomic E-state index is 0. The van der Waals surface area contributed by atoms with Gasteiger partial charge in [0.15, 0.2) is 0 Å². The second-order valence-corrected chi connectivity index (χ2v) is 5.59. The van der Waals surface area contributed by atoms with Gasteiger partial charge in [-0.2, -0.15) is 30.4 Å². The summed E-state index contributed by atoms with van der Waals surface area (Å²) in [5, 5.41) is 9.31. The smallest absolute Gasteiger partial charge is 0.911 e. The largest absolute Gasteiger partial charge is 1.00 e. The van der Waals surface area contributed by atoms with Crippen molar-refractivity contribution >= 4 is 18.0 Å². The quantitative estimate of drug-likeness (QED) is 0.325. The molecule has 0 spiro atoms. The van der Waals surface area contributed by atoms with Crippen molar-refractivity contribution in [1.82, 2.24) is 4.98 Å². The number of aryl methyl sites for hydroxylation is 1. The Morgan fingerprint density at radius 1 is 1.50 bits per heavy atom. The summed E-state index contributed by atoms with van der Waals surface area (Å²) in [5.41, 5.74) is 7.43. The number of aromatic nitrogens is 1. The molecule has 130 valence electrons. The molecule has 1 fully saturated rings. The fourth-order valence-corrected chi connectivity index (χ4v) is 1.92. The molecule has 6 heteroatoms. The maximum absolute atomic E-state index is 9.31. The molecule has 0 amide bonds. The van der Waals surface area contributed by atoms with Crippen molar-refractivity contribution < 1.29 is 37.7 Å². The van der Waals surface area contributed by atoms with Crippen LogP contribution in [-0.4, -0.2) is 23.5 Å². The summed E-state index contributed by atoms with van der Waals surface area (Å²) in [4.78, 5) is 8.14. The van der Waals surface area contributed by atoms with Gasteiger partial charge in [0.2, 0.25) is 0 Å². The molecule has 1 heterocycles. The van der Waals surface area contributed by atoms with Crippen molar-refractivity contribution in [2.75, 3.05) is 0 Å². The molecular formula is C20H24Li2N4-4. The van der Waals surface area contributed by atoms with Gasteiger partial charge in [-0.25, -0.2) is 0 Å². The first kappa shape index (κ1) is 27.3. The summed E-state index contributed by atoms with van der Waals surface area (Å²) < 4.78 is 0. The van der Waals surface area contributed by atoms with Gasteiger partial charge in [0.05, 0.1) is 0 Å². The second-order valence-electron chi connectivity index (χ2n) is 5.59. The van der Waals surface area contributed by atoms with E-state index in [-0.39, 0.29) is 43.8 Å². The molecule has 1 aliphatic rings. The van der Waals surface area contributed by atoms with E-state index < -0.39 is 0 Å². The van der Waals surface area contributed by atoms with Crippen LogP contribution in [0.5, 0.6) is 0 Å². The molecule has 1 aliphatic carbocycles. The maximum Gasteiger partial charge on any atom is 1.00 e. The summed E-state index contributed by atoms with van der Waals surface area (Å²) in [7, 11) is 0. The summed E-state index contributed by atoms with van der Waals surface area (Å²) >= 11 is 0. The Balaban J connectivity index is 0. The Hall–Kier alpha value is -0.875. The standard InChI is InChI=1S/C16H15N3.C4H9N.2Li/c1-2-9-18-12-14(11-17)15-4-3-10-19-16(15)8-7-13-5-6-13;1-3-4(2)5;;/h1-4,10-11,13H,5-8H2;4H,1-3,5H2;;/q-4;-2;2*+1/t;4-;;/m.1../s1. The molecule has 0 radical (unpaired) electrons. The van der Waals surface area contributed by atoms with Crippen molar-refractivity contribution in [1.29, 1.82) is 0 Å². The van der Waals surface area contributed by atoms with Crippen LogP contribution >= 0.6 is 0 Å². The number of nitrogens with zero attached hydrogens (tertiary/aromatic N) is 3. The molecule has 0 aliphatic heterocycles. The van der Waals surface area contributed by atoms with Crippen LogP contribution < -0.4 is 43.5 Å². The fourth-order valence-electron chi connectivity index (χ4n) is 1.92. The monoisotopic (exact) mass is 334 g/mol. The van der Waals surface area contributed by atoms with E-state index in [1.54, 1.807) is 6.20 Å². The van der Waals surface area contributed by atoms with Crippen molar-refractivity contribution in [2.24, 2.45) is 16.6 Å². The Bertz CT molecular complexity index is 579. The van der Waals surface area contributed by atoms with Crippen LogP contribution in [0.4, 0.5) is 0 Å². The van der Waals surface area contributed by atoms with Crippen LogP contribution in [0, 0.1) is 32.5 Å². The Morgan fingerprint density at radius 3 is 2.65 bits per heavy atom. The van der Waals surface area contributed by atoms with Gasteiger partial charge >= 0.3 is 37.7 Å². The van der Waals surface area contributed by atoms with E-state index in [0.29, 0.717) is 5.57 Å². The predicted molar refractivity (Wildman–Crippen MR) is 101 cm³/mol. The predicted octanol–water partition coefficient (Wildman–Crippen LogP) is -2.47. The molecule has 0 saturated heterocycles. The molecule has 0 unspecified atom stereocenters. The number of aliphatic imine (C=N–C) groups is 1. The minimum absolute atomic E-state index is 0. The average molecular weight is 334 g/mol. The zero-order valence-electron chi connectivity index (χ0n) is 16.0. The summed E-state index contributed by atoms with van der Waals surface area (Å²) in [5.74, 6) is 0.850. The first-order valence-corrected chi connectivity index (χ1v) is 8.03.